The number of benzene rings is 1. The lowest BCUT2D eigenvalue weighted by Crippen LogP contribution is -2.54. The molecule has 0 unspecified atom stereocenters. The molecule has 0 radical (unpaired) electrons. The molecule has 3 rings (SSSR count). The zero-order valence-corrected chi connectivity index (χ0v) is 18.1. The van der Waals surface area contributed by atoms with Gasteiger partial charge in [-0.15, -0.1) is 11.8 Å². The van der Waals surface area contributed by atoms with Crippen molar-refractivity contribution < 1.29 is 19.5 Å². The summed E-state index contributed by atoms with van der Waals surface area (Å²) >= 11 is 1.48. The predicted octanol–water partition coefficient (Wildman–Crippen LogP) is 1.86. The van der Waals surface area contributed by atoms with Gasteiger partial charge in [0.15, 0.2) is 0 Å². The first-order chi connectivity index (χ1) is 15.0. The van der Waals surface area contributed by atoms with Gasteiger partial charge in [0.05, 0.1) is 5.88 Å². The summed E-state index contributed by atoms with van der Waals surface area (Å²) < 4.78 is 0. The number of likely N-dealkylation sites (N-methyl/N-ethyl adjacent to an activating group) is 1. The number of nitrogens with one attached hydrogen (secondary N) is 1. The van der Waals surface area contributed by atoms with Crippen LogP contribution in [-0.4, -0.2) is 75.1 Å². The van der Waals surface area contributed by atoms with E-state index in [0.717, 1.165) is 11.3 Å². The molecule has 9 heteroatoms. The van der Waals surface area contributed by atoms with Gasteiger partial charge in [0.1, 0.15) is 12.1 Å². The lowest BCUT2D eigenvalue weighted by Gasteiger charge is -2.29. The molecule has 164 valence electrons. The summed E-state index contributed by atoms with van der Waals surface area (Å²) in [5.74, 6) is -0.724. The van der Waals surface area contributed by atoms with Gasteiger partial charge in [0.2, 0.25) is 5.91 Å². The first-order valence-electron chi connectivity index (χ1n) is 10.0. The zero-order chi connectivity index (χ0) is 22.2. The first kappa shape index (κ1) is 22.6. The van der Waals surface area contributed by atoms with Crippen LogP contribution in [0.1, 0.15) is 11.3 Å². The predicted molar refractivity (Wildman–Crippen MR) is 119 cm³/mol. The molecule has 2 heterocycles. The molecule has 0 aliphatic carbocycles. The second-order valence-electron chi connectivity index (χ2n) is 7.35. The topological polar surface area (TPSA) is 103 Å². The number of hydrogen-bond acceptors (Lipinski definition) is 5. The van der Waals surface area contributed by atoms with Gasteiger partial charge in [-0.05, 0) is 17.7 Å². The number of aromatic nitrogens is 1. The maximum absolute atomic E-state index is 12.9. The van der Waals surface area contributed by atoms with Crippen molar-refractivity contribution in [2.24, 2.45) is 0 Å². The molecule has 1 aliphatic rings. The number of hydrogen-bond donors (Lipinski definition) is 2. The largest absolute Gasteiger partial charge is 0.480 e. The Bertz CT molecular complexity index is 897. The molecule has 8 nitrogen and oxygen atoms in total. The average molecular weight is 443 g/mol. The smallest absolute Gasteiger partial charge is 0.326 e. The molecule has 0 spiro atoms. The molecule has 3 amide bonds. The third-order valence-electron chi connectivity index (χ3n) is 5.08. The molecule has 1 fully saturated rings. The van der Waals surface area contributed by atoms with Gasteiger partial charge in [-0.25, -0.2) is 9.59 Å². The molecule has 0 bridgehead atoms. The highest BCUT2D eigenvalue weighted by Gasteiger charge is 2.37. The summed E-state index contributed by atoms with van der Waals surface area (Å²) in [5, 5.41) is 12.2. The third kappa shape index (κ3) is 6.21. The Morgan fingerprint density at radius 1 is 1.23 bits per heavy atom. The molecule has 2 atom stereocenters. The summed E-state index contributed by atoms with van der Waals surface area (Å²) in [6, 6.07) is 12.8. The van der Waals surface area contributed by atoms with E-state index in [1.54, 1.807) is 18.1 Å². The zero-order valence-electron chi connectivity index (χ0n) is 17.3. The van der Waals surface area contributed by atoms with Crippen molar-refractivity contribution >= 4 is 29.7 Å². The van der Waals surface area contributed by atoms with Crippen molar-refractivity contribution in [3.05, 3.63) is 66.0 Å². The van der Waals surface area contributed by atoms with Crippen LogP contribution in [0.25, 0.3) is 0 Å². The Morgan fingerprint density at radius 3 is 2.65 bits per heavy atom. The Balaban J connectivity index is 1.59. The molecule has 0 saturated carbocycles. The second-order valence-corrected chi connectivity index (χ2v) is 8.35. The summed E-state index contributed by atoms with van der Waals surface area (Å²) in [6.07, 6.45) is 2.50. The van der Waals surface area contributed by atoms with Crippen LogP contribution < -0.4 is 5.32 Å². The lowest BCUT2D eigenvalue weighted by atomic mass is 10.1. The Hall–Kier alpha value is -3.07. The summed E-state index contributed by atoms with van der Waals surface area (Å²) in [6.45, 7) is 0.469. The summed E-state index contributed by atoms with van der Waals surface area (Å²) in [5.41, 5.74) is 1.70. The average Bonchev–Trinajstić information content (AvgIpc) is 3.28. The molecular formula is C22H26N4O4S. The third-order valence-corrected chi connectivity index (χ3v) is 6.10. The van der Waals surface area contributed by atoms with E-state index in [-0.39, 0.29) is 12.5 Å². The number of carbonyl (C=O) groups excluding carboxylic acids is 2. The van der Waals surface area contributed by atoms with Gasteiger partial charge in [0.25, 0.3) is 0 Å². The number of aliphatic carboxylic acids is 1. The van der Waals surface area contributed by atoms with E-state index in [9.17, 15) is 19.5 Å². The van der Waals surface area contributed by atoms with E-state index in [1.165, 1.54) is 16.7 Å². The standard InChI is InChI=1S/C22H26N4O4S/c1-25(12-10-17-9-5-6-11-23-17)22(30)26-15-31-14-19(26)20(27)24-18(21(28)29)13-16-7-3-2-4-8-16/h2-9,11,18-19H,10,12-15H2,1H3,(H,24,27)(H,28,29)/t18-,19+/m0/s1. The quantitative estimate of drug-likeness (QED) is 0.647. The number of thioether (sulfide) groups is 1. The van der Waals surface area contributed by atoms with E-state index < -0.39 is 24.0 Å². The van der Waals surface area contributed by atoms with Crippen LogP contribution in [0, 0.1) is 0 Å². The highest BCUT2D eigenvalue weighted by molar-refractivity contribution is 7.99. The fourth-order valence-corrected chi connectivity index (χ4v) is 4.46. The number of carboxylic acid groups (broad SMARTS) is 1. The Kier molecular flexibility index (Phi) is 7.88. The van der Waals surface area contributed by atoms with E-state index in [4.69, 9.17) is 0 Å². The van der Waals surface area contributed by atoms with Crippen LogP contribution in [0.4, 0.5) is 4.79 Å². The number of rotatable bonds is 8. The highest BCUT2D eigenvalue weighted by Crippen LogP contribution is 2.22. The molecular weight excluding hydrogens is 416 g/mol. The van der Waals surface area contributed by atoms with Crippen molar-refractivity contribution in [1.29, 1.82) is 0 Å². The monoisotopic (exact) mass is 442 g/mol. The van der Waals surface area contributed by atoms with E-state index >= 15 is 0 Å². The maximum atomic E-state index is 12.9. The van der Waals surface area contributed by atoms with Gasteiger partial charge < -0.3 is 20.2 Å². The van der Waals surface area contributed by atoms with Crippen LogP contribution in [-0.2, 0) is 22.4 Å². The molecule has 1 aliphatic heterocycles. The Labute approximate surface area is 185 Å². The fraction of sp³-hybridized carbons (Fsp3) is 0.364. The minimum absolute atomic E-state index is 0.180. The van der Waals surface area contributed by atoms with Crippen LogP contribution in [0.2, 0.25) is 0 Å². The van der Waals surface area contributed by atoms with Crippen molar-refractivity contribution in [2.45, 2.75) is 24.9 Å². The van der Waals surface area contributed by atoms with Crippen LogP contribution >= 0.6 is 11.8 Å². The molecule has 1 aromatic heterocycles. The number of carbonyl (C=O) groups is 3. The minimum Gasteiger partial charge on any atom is -0.480 e. The molecule has 2 N–H and O–H groups in total. The van der Waals surface area contributed by atoms with Gasteiger partial charge >= 0.3 is 12.0 Å². The van der Waals surface area contributed by atoms with Crippen molar-refractivity contribution in [2.75, 3.05) is 25.2 Å². The van der Waals surface area contributed by atoms with Crippen LogP contribution in [0.3, 0.4) is 0 Å². The number of nitrogens with zero attached hydrogens (tertiary/aromatic N) is 3. The highest BCUT2D eigenvalue weighted by atomic mass is 32.2. The van der Waals surface area contributed by atoms with Crippen molar-refractivity contribution in [1.82, 2.24) is 20.1 Å². The number of pyridine rings is 1. The Morgan fingerprint density at radius 2 is 1.97 bits per heavy atom. The van der Waals surface area contributed by atoms with Gasteiger partial charge in [-0.1, -0.05) is 36.4 Å². The minimum atomic E-state index is -1.10. The van der Waals surface area contributed by atoms with Crippen molar-refractivity contribution in [3.8, 4) is 0 Å². The van der Waals surface area contributed by atoms with Gasteiger partial charge in [-0.3, -0.25) is 9.78 Å². The van der Waals surface area contributed by atoms with E-state index in [1.807, 2.05) is 48.5 Å². The summed E-state index contributed by atoms with van der Waals surface area (Å²) in [7, 11) is 1.69. The number of carboxylic acids is 1. The molecule has 2 aromatic rings. The number of amides is 3. The van der Waals surface area contributed by atoms with Crippen LogP contribution in [0.15, 0.2) is 54.7 Å². The number of urea groups is 1. The van der Waals surface area contributed by atoms with Crippen molar-refractivity contribution in [3.63, 3.8) is 0 Å². The first-order valence-corrected chi connectivity index (χ1v) is 11.2. The maximum Gasteiger partial charge on any atom is 0.326 e. The summed E-state index contributed by atoms with van der Waals surface area (Å²) in [4.78, 5) is 44.8. The normalized spacial score (nSPS) is 16.5. The van der Waals surface area contributed by atoms with Crippen LogP contribution in [0.5, 0.6) is 0 Å². The molecule has 1 aromatic carbocycles. The molecule has 1 saturated heterocycles. The fourth-order valence-electron chi connectivity index (χ4n) is 3.31. The second kappa shape index (κ2) is 10.8. The molecule has 31 heavy (non-hydrogen) atoms. The SMILES string of the molecule is CN(CCc1ccccn1)C(=O)N1CSC[C@@H]1C(=O)N[C@@H](Cc1ccccc1)C(=O)O. The van der Waals surface area contributed by atoms with E-state index in [0.29, 0.717) is 24.6 Å². The van der Waals surface area contributed by atoms with E-state index in [2.05, 4.69) is 10.3 Å². The van der Waals surface area contributed by atoms with Gasteiger partial charge in [0, 0.05) is 44.1 Å². The van der Waals surface area contributed by atoms with Gasteiger partial charge in [-0.2, -0.15) is 0 Å². The lowest BCUT2D eigenvalue weighted by molar-refractivity contribution is -0.142.